The van der Waals surface area contributed by atoms with Crippen molar-refractivity contribution in [2.24, 2.45) is 0 Å². The fourth-order valence-electron chi connectivity index (χ4n) is 4.06. The van der Waals surface area contributed by atoms with Gasteiger partial charge in [-0.05, 0) is 43.2 Å². The number of anilines is 1. The Labute approximate surface area is 173 Å². The fourth-order valence-corrected chi connectivity index (χ4v) is 4.06. The van der Waals surface area contributed by atoms with E-state index in [1.54, 1.807) is 41.0 Å². The van der Waals surface area contributed by atoms with Gasteiger partial charge in [0.15, 0.2) is 11.5 Å². The molecular weight excluding hydrogens is 382 g/mol. The maximum atomic E-state index is 12.9. The summed E-state index contributed by atoms with van der Waals surface area (Å²) in [4.78, 5) is 30.5. The van der Waals surface area contributed by atoms with Crippen molar-refractivity contribution >= 4 is 22.5 Å². The summed E-state index contributed by atoms with van der Waals surface area (Å²) in [5, 5.41) is 3.43. The smallest absolute Gasteiger partial charge is 0.261 e. The van der Waals surface area contributed by atoms with Gasteiger partial charge >= 0.3 is 0 Å². The third kappa shape index (κ3) is 3.51. The van der Waals surface area contributed by atoms with Crippen LogP contribution in [0, 0.1) is 0 Å². The van der Waals surface area contributed by atoms with E-state index in [0.29, 0.717) is 53.4 Å². The highest BCUT2D eigenvalue weighted by Gasteiger charge is 2.16. The highest BCUT2D eigenvalue weighted by atomic mass is 16.6. The van der Waals surface area contributed by atoms with Crippen molar-refractivity contribution in [2.75, 3.05) is 18.5 Å². The normalized spacial score (nSPS) is 15.7. The van der Waals surface area contributed by atoms with Crippen molar-refractivity contribution in [1.82, 2.24) is 9.55 Å². The molecule has 2 aliphatic rings. The summed E-state index contributed by atoms with van der Waals surface area (Å²) in [7, 11) is 0. The van der Waals surface area contributed by atoms with Gasteiger partial charge in [0, 0.05) is 30.3 Å². The lowest BCUT2D eigenvalue weighted by atomic mass is 10.1. The first kappa shape index (κ1) is 18.7. The summed E-state index contributed by atoms with van der Waals surface area (Å²) >= 11 is 0. The van der Waals surface area contributed by atoms with Gasteiger partial charge in [-0.25, -0.2) is 4.98 Å². The fraction of sp³-hybridized carbons (Fsp3) is 0.348. The van der Waals surface area contributed by atoms with Crippen LogP contribution in [0.1, 0.15) is 41.9 Å². The molecule has 0 unspecified atom stereocenters. The molecule has 30 heavy (non-hydrogen) atoms. The number of aromatic nitrogens is 2. The van der Waals surface area contributed by atoms with Crippen molar-refractivity contribution in [3.8, 4) is 11.5 Å². The van der Waals surface area contributed by atoms with Crippen LogP contribution in [-0.4, -0.2) is 28.7 Å². The summed E-state index contributed by atoms with van der Waals surface area (Å²) in [6.07, 6.45) is 5.12. The van der Waals surface area contributed by atoms with Gasteiger partial charge in [0.2, 0.25) is 0 Å². The first-order valence-electron chi connectivity index (χ1n) is 10.4. The van der Waals surface area contributed by atoms with E-state index in [2.05, 4.69) is 5.32 Å². The summed E-state index contributed by atoms with van der Waals surface area (Å²) < 4.78 is 12.9. The van der Waals surface area contributed by atoms with Gasteiger partial charge in [-0.2, -0.15) is 0 Å². The van der Waals surface area contributed by atoms with E-state index in [1.165, 1.54) is 0 Å². The van der Waals surface area contributed by atoms with E-state index in [-0.39, 0.29) is 11.5 Å². The highest BCUT2D eigenvalue weighted by molar-refractivity contribution is 6.06. The van der Waals surface area contributed by atoms with E-state index in [9.17, 15) is 9.59 Å². The minimum absolute atomic E-state index is 0.0179. The maximum Gasteiger partial charge on any atom is 0.261 e. The monoisotopic (exact) mass is 405 g/mol. The van der Waals surface area contributed by atoms with E-state index in [1.807, 2.05) is 0 Å². The van der Waals surface area contributed by atoms with Crippen LogP contribution >= 0.6 is 0 Å². The summed E-state index contributed by atoms with van der Waals surface area (Å²) in [6.45, 7) is 1.72. The predicted molar refractivity (Wildman–Crippen MR) is 114 cm³/mol. The van der Waals surface area contributed by atoms with Crippen LogP contribution in [0.15, 0.2) is 41.2 Å². The lowest BCUT2D eigenvalue weighted by molar-refractivity contribution is 0.102. The number of rotatable bonds is 2. The molecule has 0 fully saturated rings. The minimum Gasteiger partial charge on any atom is -0.486 e. The average molecular weight is 405 g/mol. The Hall–Kier alpha value is -3.35. The molecule has 2 aromatic carbocycles. The van der Waals surface area contributed by atoms with Crippen LogP contribution in [0.25, 0.3) is 10.9 Å². The molecular formula is C23H23N3O4. The average Bonchev–Trinajstić information content (AvgIpc) is 2.74. The van der Waals surface area contributed by atoms with Gasteiger partial charge in [-0.1, -0.05) is 12.8 Å². The molecule has 1 aromatic heterocycles. The second kappa shape index (κ2) is 7.82. The van der Waals surface area contributed by atoms with Crippen molar-refractivity contribution in [1.29, 1.82) is 0 Å². The Kier molecular flexibility index (Phi) is 4.86. The van der Waals surface area contributed by atoms with Gasteiger partial charge in [0.1, 0.15) is 19.0 Å². The second-order valence-electron chi connectivity index (χ2n) is 7.69. The minimum atomic E-state index is -0.262. The number of aryl methyl sites for hydroxylation is 1. The zero-order chi connectivity index (χ0) is 20.5. The predicted octanol–water partition coefficient (Wildman–Crippen LogP) is 3.54. The van der Waals surface area contributed by atoms with Crippen molar-refractivity contribution < 1.29 is 14.3 Å². The number of fused-ring (bicyclic) bond motifs is 3. The van der Waals surface area contributed by atoms with Gasteiger partial charge in [-0.3, -0.25) is 14.2 Å². The van der Waals surface area contributed by atoms with Gasteiger partial charge < -0.3 is 14.8 Å². The van der Waals surface area contributed by atoms with E-state index in [0.717, 1.165) is 37.9 Å². The highest BCUT2D eigenvalue weighted by Crippen LogP contribution is 2.32. The van der Waals surface area contributed by atoms with Crippen molar-refractivity contribution in [3.63, 3.8) is 0 Å². The standard InChI is InChI=1S/C23H23N3O4/c27-22(24-16-7-9-19-20(14-16)30-12-11-29-19)15-6-8-17-18(13-15)25-21-5-3-1-2-4-10-26(21)23(17)28/h6-9,13-14H,1-5,10-12H2,(H,24,27). The number of carbonyl (C=O) groups excluding carboxylic acids is 1. The topological polar surface area (TPSA) is 82.5 Å². The van der Waals surface area contributed by atoms with Crippen LogP contribution in [0.5, 0.6) is 11.5 Å². The lowest BCUT2D eigenvalue weighted by Gasteiger charge is -2.19. The Morgan fingerprint density at radius 2 is 1.80 bits per heavy atom. The largest absolute Gasteiger partial charge is 0.486 e. The molecule has 0 radical (unpaired) electrons. The van der Waals surface area contributed by atoms with Crippen LogP contribution < -0.4 is 20.3 Å². The molecule has 1 amide bonds. The number of carbonyl (C=O) groups is 1. The molecule has 0 atom stereocenters. The molecule has 0 saturated heterocycles. The van der Waals surface area contributed by atoms with Crippen molar-refractivity contribution in [3.05, 3.63) is 58.1 Å². The van der Waals surface area contributed by atoms with E-state index in [4.69, 9.17) is 14.5 Å². The summed E-state index contributed by atoms with van der Waals surface area (Å²) in [5.74, 6) is 1.84. The number of nitrogens with one attached hydrogen (secondary N) is 1. The van der Waals surface area contributed by atoms with Crippen LogP contribution in [0.3, 0.4) is 0 Å². The first-order chi connectivity index (χ1) is 14.7. The second-order valence-corrected chi connectivity index (χ2v) is 7.69. The number of ether oxygens (including phenoxy) is 2. The quantitative estimate of drug-likeness (QED) is 0.705. The Morgan fingerprint density at radius 3 is 2.70 bits per heavy atom. The first-order valence-corrected chi connectivity index (χ1v) is 10.4. The molecule has 7 heteroatoms. The Bertz CT molecular complexity index is 1190. The molecule has 154 valence electrons. The number of hydrogen-bond donors (Lipinski definition) is 1. The third-order valence-electron chi connectivity index (χ3n) is 5.63. The van der Waals surface area contributed by atoms with Crippen molar-refractivity contribution in [2.45, 2.75) is 38.6 Å². The third-order valence-corrected chi connectivity index (χ3v) is 5.63. The molecule has 5 rings (SSSR count). The van der Waals surface area contributed by atoms with E-state index >= 15 is 0 Å². The van der Waals surface area contributed by atoms with E-state index < -0.39 is 0 Å². The molecule has 0 saturated carbocycles. The molecule has 0 aliphatic carbocycles. The van der Waals surface area contributed by atoms with Crippen LogP contribution in [0.2, 0.25) is 0 Å². The van der Waals surface area contributed by atoms with Gasteiger partial charge in [0.05, 0.1) is 10.9 Å². The summed E-state index contributed by atoms with van der Waals surface area (Å²) in [5.41, 5.74) is 1.63. The molecule has 1 N–H and O–H groups in total. The number of hydrogen-bond acceptors (Lipinski definition) is 5. The van der Waals surface area contributed by atoms with Gasteiger partial charge in [0.25, 0.3) is 11.5 Å². The molecule has 3 heterocycles. The molecule has 3 aromatic rings. The maximum absolute atomic E-state index is 12.9. The number of amides is 1. The van der Waals surface area contributed by atoms with Crippen LogP contribution in [-0.2, 0) is 13.0 Å². The number of benzene rings is 2. The van der Waals surface area contributed by atoms with Gasteiger partial charge in [-0.15, -0.1) is 0 Å². The molecule has 7 nitrogen and oxygen atoms in total. The zero-order valence-electron chi connectivity index (χ0n) is 16.6. The Balaban J connectivity index is 1.45. The lowest BCUT2D eigenvalue weighted by Crippen LogP contribution is -2.26. The van der Waals surface area contributed by atoms with Crippen LogP contribution in [0.4, 0.5) is 5.69 Å². The summed E-state index contributed by atoms with van der Waals surface area (Å²) in [6, 6.07) is 10.4. The zero-order valence-corrected chi connectivity index (χ0v) is 16.6. The molecule has 0 bridgehead atoms. The SMILES string of the molecule is O=C(Nc1ccc2c(c1)OCCO2)c1ccc2c(=O)n3c(nc2c1)CCCCCC3. The molecule has 0 spiro atoms. The molecule has 2 aliphatic heterocycles. The number of nitrogens with zero attached hydrogens (tertiary/aromatic N) is 2. The Morgan fingerprint density at radius 1 is 0.967 bits per heavy atom.